The quantitative estimate of drug-likeness (QED) is 0.0235. The Morgan fingerprint density at radius 3 is 1.12 bits per heavy atom. The number of aromatic nitrogens is 1. The van der Waals surface area contributed by atoms with Gasteiger partial charge in [0.1, 0.15) is 50.2 Å². The Kier molecular flexibility index (Phi) is 91.4. The molecule has 6 saturated heterocycles. The Balaban J connectivity index is 0. The molecular weight excluding hydrogens is 1840 g/mol. The second-order valence-corrected chi connectivity index (χ2v) is 39.2. The van der Waals surface area contributed by atoms with Crippen LogP contribution in [0.2, 0.25) is 0 Å². The van der Waals surface area contributed by atoms with Gasteiger partial charge in [-0.15, -0.1) is 0 Å². The number of hydrogen-bond donors (Lipinski definition) is 10. The molecule has 838 valence electrons. The van der Waals surface area contributed by atoms with Crippen LogP contribution in [0.4, 0.5) is 0 Å². The maximum Gasteiger partial charge on any atom is 0.245 e. The smallest absolute Gasteiger partial charge is 0.245 e. The topological polar surface area (TPSA) is 366 Å². The van der Waals surface area contributed by atoms with Crippen LogP contribution in [0.5, 0.6) is 5.75 Å². The third kappa shape index (κ3) is 82.4. The number of likely N-dealkylation sites (tertiary alicyclic amines) is 6. The molecule has 9 rings (SSSR count). The zero-order chi connectivity index (χ0) is 108. The lowest BCUT2D eigenvalue weighted by Crippen LogP contribution is -2.49. The minimum Gasteiger partial charge on any atom is -0.487 e. The minimum atomic E-state index is -0.0662. The molecule has 0 aliphatic carbocycles. The highest BCUT2D eigenvalue weighted by Crippen LogP contribution is 2.27. The van der Waals surface area contributed by atoms with Crippen molar-refractivity contribution in [1.29, 1.82) is 0 Å². The summed E-state index contributed by atoms with van der Waals surface area (Å²) in [6, 6.07) is 18.5. The first-order chi connectivity index (χ1) is 69.8. The molecule has 2 aromatic carbocycles. The van der Waals surface area contributed by atoms with Crippen LogP contribution in [-0.2, 0) is 75.1 Å². The molecule has 32 nitrogen and oxygen atoms in total. The molecule has 0 bridgehead atoms. The summed E-state index contributed by atoms with van der Waals surface area (Å²) in [5.41, 5.74) is 5.45. The van der Waals surface area contributed by atoms with E-state index >= 15 is 0 Å². The molecule has 145 heavy (non-hydrogen) atoms. The summed E-state index contributed by atoms with van der Waals surface area (Å²) >= 11 is 0. The van der Waals surface area contributed by atoms with E-state index in [1.165, 1.54) is 218 Å². The molecule has 10 N–H and O–H groups in total. The minimum absolute atomic E-state index is 0.0505. The summed E-state index contributed by atoms with van der Waals surface area (Å²) in [5, 5.41) is 30.1. The molecule has 6 fully saturated rings. The molecule has 0 radical (unpaired) electrons. The van der Waals surface area contributed by atoms with E-state index in [4.69, 9.17) is 28.2 Å². The number of aryl methyl sites for hydroxylation is 3. The third-order valence-corrected chi connectivity index (χ3v) is 26.2. The van der Waals surface area contributed by atoms with Crippen molar-refractivity contribution in [2.75, 3.05) is 235 Å². The van der Waals surface area contributed by atoms with Crippen LogP contribution in [0.25, 0.3) is 0 Å². The standard InChI is InChI=1S/C16H31N3O.C16H31N3.C14H27N3O.C12H13NO2.C10H13NO.C9H19NO2.C8H17NO2.C8H17NO.C7H15NO2.C7H15NO.C6H13NO2/c1-14-3-8-18(9-4-14)10-5-15-6-11-19(12-7-15)13-16(20)17-2;1-14-4-8-19(9-5-14)13-16-6-10-18(11-7-16)12-15(2)17-3;1-12-3-9-17(10-4-12)13-5-7-16(8-6-13)11-14(18)15-2;1-9-3-5-12(6-4-9)14-8-11-7-10(2)15-13-11;1-8-3-5-9(6-4-8)7-10(12)11-2;1-3-4-5-6-7-12-8-9(11)10-2;1-3-4-5-6-11-7-8(10)9-2;1-3-4-5-6-7-8(10)9-2;1-3-4-5-10-6-7(9)8-2;1-3-4-5-6-7(9)8-2;1-3-4-9-5-6(8)7-2/h14-15H,3-13H2,1-2H3,(H,17,20);14,16-17H,2,4-13H2,1,3H3;12-13H,3-11H2,1-2H3,(H,15,18);3-7H,8H2,1-2H3;3-6H,7H2,1-2H3,(H,11,12);3-8H2,1-2H3,(H,10,11);3-7H2,1-2H3,(H,9,10);3-7H2,1-2H3,(H,9,10);3-6H2,1-2H3,(H,8,9);3-6H2,1-2H3,(H,8,9);3-5H2,1-2H3,(H,7,8). The normalized spacial score (nSPS) is 15.5. The number of carbonyl (C=O) groups is 9. The van der Waals surface area contributed by atoms with Gasteiger partial charge in [-0.1, -0.05) is 192 Å². The van der Waals surface area contributed by atoms with Gasteiger partial charge in [0.05, 0.1) is 19.5 Å². The number of ether oxygens (including phenoxy) is 5. The number of nitrogens with zero attached hydrogens (tertiary/aromatic N) is 7. The number of rotatable bonds is 49. The molecule has 0 unspecified atom stereocenters. The monoisotopic (exact) mass is 2050 g/mol. The first-order valence-electron chi connectivity index (χ1n) is 55.4. The highest BCUT2D eigenvalue weighted by Gasteiger charge is 2.29. The van der Waals surface area contributed by atoms with Crippen LogP contribution in [0, 0.1) is 50.4 Å². The maximum atomic E-state index is 11.4. The second-order valence-electron chi connectivity index (χ2n) is 39.2. The summed E-state index contributed by atoms with van der Waals surface area (Å²) in [6.07, 6.45) is 38.5. The van der Waals surface area contributed by atoms with Gasteiger partial charge in [0.2, 0.25) is 53.2 Å². The van der Waals surface area contributed by atoms with Crippen molar-refractivity contribution >= 4 is 53.2 Å². The Hall–Kier alpha value is -8.18. The second kappa shape index (κ2) is 95.5. The van der Waals surface area contributed by atoms with Crippen molar-refractivity contribution in [3.63, 3.8) is 0 Å². The Labute approximate surface area is 880 Å². The van der Waals surface area contributed by atoms with Crippen molar-refractivity contribution in [3.8, 4) is 5.75 Å². The SMILES string of the molecule is C=C(CN1CCC(CN2CCC(C)CC2)CC1)NC.CCCCCC(=O)NC.CCCCCCC(=O)NC.CCCCCCOCC(=O)NC.CCCCCOCC(=O)NC.CCCCOCC(=O)NC.CCCOCC(=O)NC.CNC(=O)CN1CCC(CCN2CCC(C)CC2)CC1.CNC(=O)CN1CCC(N2CCC(C)CC2)CC1.CNC(=O)Cc1ccc(C)cc1.Cc1ccc(OCc2cc(C)on2)cc1. The number of piperidine rings is 6. The third-order valence-electron chi connectivity index (χ3n) is 26.2. The van der Waals surface area contributed by atoms with Crippen molar-refractivity contribution in [3.05, 3.63) is 95.0 Å². The van der Waals surface area contributed by atoms with E-state index in [-0.39, 0.29) is 79.6 Å². The van der Waals surface area contributed by atoms with E-state index in [0.717, 1.165) is 148 Å². The average molecular weight is 2050 g/mol. The molecule has 3 aromatic rings. The van der Waals surface area contributed by atoms with Gasteiger partial charge in [-0.05, 0) is 262 Å². The van der Waals surface area contributed by atoms with Gasteiger partial charge in [-0.25, -0.2) is 0 Å². The first-order valence-corrected chi connectivity index (χ1v) is 55.4. The zero-order valence-corrected chi connectivity index (χ0v) is 95.3. The van der Waals surface area contributed by atoms with Crippen LogP contribution in [0.3, 0.4) is 0 Å². The molecule has 6 aliphatic rings. The molecule has 7 heterocycles. The summed E-state index contributed by atoms with van der Waals surface area (Å²) in [4.78, 5) is 112. The van der Waals surface area contributed by atoms with E-state index < -0.39 is 0 Å². The fourth-order valence-corrected chi connectivity index (χ4v) is 15.9. The van der Waals surface area contributed by atoms with Crippen LogP contribution in [-0.4, -0.2) is 328 Å². The highest BCUT2D eigenvalue weighted by atomic mass is 16.5. The van der Waals surface area contributed by atoms with Gasteiger partial charge in [0.15, 0.2) is 0 Å². The van der Waals surface area contributed by atoms with Crippen LogP contribution in [0.1, 0.15) is 296 Å². The molecule has 32 heteroatoms. The maximum absolute atomic E-state index is 11.4. The largest absolute Gasteiger partial charge is 0.487 e. The van der Waals surface area contributed by atoms with E-state index in [0.29, 0.717) is 65.4 Å². The predicted molar refractivity (Wildman–Crippen MR) is 594 cm³/mol. The molecular formula is C113H211N17O15. The lowest BCUT2D eigenvalue weighted by atomic mass is 9.92. The number of benzene rings is 2. The van der Waals surface area contributed by atoms with Gasteiger partial charge in [0.25, 0.3) is 0 Å². The molecule has 0 atom stereocenters. The van der Waals surface area contributed by atoms with Gasteiger partial charge >= 0.3 is 0 Å². The van der Waals surface area contributed by atoms with Crippen molar-refractivity contribution in [2.45, 2.75) is 308 Å². The van der Waals surface area contributed by atoms with E-state index in [1.807, 2.05) is 89.3 Å². The lowest BCUT2D eigenvalue weighted by Gasteiger charge is -2.41. The average Bonchev–Trinajstić information content (AvgIpc) is 1.53. The number of carbonyl (C=O) groups excluding carboxylic acids is 9. The summed E-state index contributed by atoms with van der Waals surface area (Å²) in [6.45, 7) is 53.2. The van der Waals surface area contributed by atoms with Crippen LogP contribution >= 0.6 is 0 Å². The van der Waals surface area contributed by atoms with Gasteiger partial charge < -0.3 is 96.1 Å². The number of unbranched alkanes of at least 4 members (excludes halogenated alkanes) is 11. The first kappa shape index (κ1) is 139. The molecule has 0 saturated carbocycles. The summed E-state index contributed by atoms with van der Waals surface area (Å²) in [7, 11) is 16.8. The van der Waals surface area contributed by atoms with Crippen molar-refractivity contribution < 1.29 is 71.4 Å². The Morgan fingerprint density at radius 2 is 0.710 bits per heavy atom. The van der Waals surface area contributed by atoms with E-state index in [1.54, 1.807) is 63.4 Å². The number of amides is 9. The fraction of sp³-hybridized carbons (Fsp3) is 0.770. The van der Waals surface area contributed by atoms with Crippen molar-refractivity contribution in [2.24, 2.45) is 29.6 Å². The molecule has 6 aliphatic heterocycles. The van der Waals surface area contributed by atoms with Crippen LogP contribution < -0.4 is 57.9 Å². The molecule has 0 spiro atoms. The van der Waals surface area contributed by atoms with E-state index in [9.17, 15) is 43.2 Å². The van der Waals surface area contributed by atoms with Gasteiger partial charge in [-0.3, -0.25) is 57.9 Å². The number of nitrogens with one attached hydrogen (secondary N) is 10. The van der Waals surface area contributed by atoms with Crippen LogP contribution in [0.15, 0.2) is 71.4 Å². The Bertz CT molecular complexity index is 3590. The predicted octanol–water partition coefficient (Wildman–Crippen LogP) is 14.8. The zero-order valence-electron chi connectivity index (χ0n) is 95.3. The molecule has 1 aromatic heterocycles. The van der Waals surface area contributed by atoms with Gasteiger partial charge in [-0.2, -0.15) is 0 Å². The lowest BCUT2D eigenvalue weighted by molar-refractivity contribution is -0.125. The number of hydrogen-bond acceptors (Lipinski definition) is 23. The summed E-state index contributed by atoms with van der Waals surface area (Å²) < 4.78 is 30.6. The fourth-order valence-electron chi connectivity index (χ4n) is 15.9. The highest BCUT2D eigenvalue weighted by molar-refractivity contribution is 5.80. The molecule has 9 amide bonds. The van der Waals surface area contributed by atoms with Crippen molar-refractivity contribution in [1.82, 2.24) is 87.7 Å². The van der Waals surface area contributed by atoms with E-state index in [2.05, 4.69) is 150 Å². The van der Waals surface area contributed by atoms with Gasteiger partial charge in [0, 0.05) is 154 Å². The number of likely N-dealkylation sites (N-methyl/N-ethyl adjacent to an activating group) is 8. The summed E-state index contributed by atoms with van der Waals surface area (Å²) in [5.74, 6) is 6.66. The Morgan fingerprint density at radius 1 is 0.359 bits per heavy atom.